The Hall–Kier alpha value is -1.84. The summed E-state index contributed by atoms with van der Waals surface area (Å²) in [6, 6.07) is 9.44. The fourth-order valence-corrected chi connectivity index (χ4v) is 2.50. The third-order valence-corrected chi connectivity index (χ3v) is 3.34. The highest BCUT2D eigenvalue weighted by Gasteiger charge is 2.51. The quantitative estimate of drug-likeness (QED) is 0.826. The summed E-state index contributed by atoms with van der Waals surface area (Å²) < 4.78 is 4.99. The summed E-state index contributed by atoms with van der Waals surface area (Å²) in [5, 5.41) is 3.10. The van der Waals surface area contributed by atoms with Crippen LogP contribution in [0.1, 0.15) is 19.4 Å². The van der Waals surface area contributed by atoms with Gasteiger partial charge in [-0.15, -0.1) is 0 Å². The summed E-state index contributed by atoms with van der Waals surface area (Å²) in [5.74, 6) is -0.0690. The van der Waals surface area contributed by atoms with E-state index in [1.165, 1.54) is 7.11 Å². The summed E-state index contributed by atoms with van der Waals surface area (Å²) in [7, 11) is 1.41. The lowest BCUT2D eigenvalue weighted by molar-refractivity contribution is -0.149. The zero-order valence-electron chi connectivity index (χ0n) is 10.9. The first-order valence-electron chi connectivity index (χ1n) is 6.06. The van der Waals surface area contributed by atoms with Crippen LogP contribution in [0.3, 0.4) is 0 Å². The second kappa shape index (κ2) is 4.80. The topological polar surface area (TPSA) is 50.7 Å². The number of carbonyl (C=O) groups excluding carboxylic acids is 1. The molecule has 2 atom stereocenters. The molecule has 0 unspecified atom stereocenters. The molecule has 0 spiro atoms. The van der Waals surface area contributed by atoms with Crippen LogP contribution in [0.25, 0.3) is 0 Å². The normalized spacial score (nSPS) is 26.1. The number of aliphatic imine (C=N–C) groups is 1. The number of rotatable bonds is 3. The molecule has 1 N–H and O–H groups in total. The Morgan fingerprint density at radius 3 is 2.61 bits per heavy atom. The van der Waals surface area contributed by atoms with Crippen molar-refractivity contribution in [3.05, 3.63) is 35.9 Å². The molecule has 2 rings (SSSR count). The van der Waals surface area contributed by atoms with E-state index in [1.54, 1.807) is 6.34 Å². The molecule has 1 aromatic rings. The van der Waals surface area contributed by atoms with Crippen molar-refractivity contribution in [2.45, 2.75) is 25.4 Å². The first kappa shape index (κ1) is 12.6. The summed E-state index contributed by atoms with van der Waals surface area (Å²) >= 11 is 0. The smallest absolute Gasteiger partial charge is 0.338 e. The fraction of sp³-hybridized carbons (Fsp3) is 0.429. The standard InChI is InChI=1S/C14H18N2O2/c1-10(2)12-14(13(17)18-3,16-9-15-12)11-7-5-4-6-8-11/h4-10,12H,1-3H3,(H,15,16)/t12-,14+/m1/s1. The Bertz CT molecular complexity index is 456. The van der Waals surface area contributed by atoms with E-state index < -0.39 is 5.54 Å². The highest BCUT2D eigenvalue weighted by atomic mass is 16.5. The molecule has 4 heteroatoms. The maximum Gasteiger partial charge on any atom is 0.338 e. The van der Waals surface area contributed by atoms with Crippen LogP contribution in [0.4, 0.5) is 0 Å². The number of nitrogens with one attached hydrogen (secondary N) is 1. The van der Waals surface area contributed by atoms with E-state index in [-0.39, 0.29) is 17.9 Å². The number of hydrogen-bond donors (Lipinski definition) is 1. The average molecular weight is 246 g/mol. The van der Waals surface area contributed by atoms with Crippen molar-refractivity contribution in [1.82, 2.24) is 5.32 Å². The zero-order valence-corrected chi connectivity index (χ0v) is 10.9. The minimum absolute atomic E-state index is 0.160. The van der Waals surface area contributed by atoms with E-state index in [0.717, 1.165) is 5.56 Å². The van der Waals surface area contributed by atoms with Gasteiger partial charge in [0.2, 0.25) is 0 Å². The van der Waals surface area contributed by atoms with E-state index in [0.29, 0.717) is 0 Å². The largest absolute Gasteiger partial charge is 0.467 e. The van der Waals surface area contributed by atoms with Gasteiger partial charge in [-0.05, 0) is 11.5 Å². The van der Waals surface area contributed by atoms with Gasteiger partial charge in [0.1, 0.15) is 0 Å². The van der Waals surface area contributed by atoms with Gasteiger partial charge in [-0.3, -0.25) is 4.99 Å². The van der Waals surface area contributed by atoms with Crippen LogP contribution >= 0.6 is 0 Å². The summed E-state index contributed by atoms with van der Waals surface area (Å²) in [4.78, 5) is 16.7. The lowest BCUT2D eigenvalue weighted by atomic mass is 9.79. The van der Waals surface area contributed by atoms with Crippen LogP contribution in [0.2, 0.25) is 0 Å². The first-order chi connectivity index (χ1) is 8.63. The zero-order chi connectivity index (χ0) is 13.2. The minimum atomic E-state index is -0.899. The van der Waals surface area contributed by atoms with Gasteiger partial charge in [-0.2, -0.15) is 0 Å². The number of methoxy groups -OCH3 is 1. The average Bonchev–Trinajstić information content (AvgIpc) is 2.84. The van der Waals surface area contributed by atoms with Crippen molar-refractivity contribution in [2.24, 2.45) is 10.9 Å². The number of ether oxygens (including phenoxy) is 1. The first-order valence-corrected chi connectivity index (χ1v) is 6.06. The molecule has 0 radical (unpaired) electrons. The molecule has 1 aliphatic heterocycles. The van der Waals surface area contributed by atoms with Crippen LogP contribution in [-0.4, -0.2) is 25.5 Å². The van der Waals surface area contributed by atoms with Crippen LogP contribution in [0.5, 0.6) is 0 Å². The van der Waals surface area contributed by atoms with Crippen molar-refractivity contribution < 1.29 is 9.53 Å². The molecular weight excluding hydrogens is 228 g/mol. The van der Waals surface area contributed by atoms with Gasteiger partial charge in [-0.1, -0.05) is 44.2 Å². The number of esters is 1. The van der Waals surface area contributed by atoms with Crippen LogP contribution in [0, 0.1) is 5.92 Å². The van der Waals surface area contributed by atoms with E-state index >= 15 is 0 Å². The van der Waals surface area contributed by atoms with Gasteiger partial charge in [0.25, 0.3) is 0 Å². The highest BCUT2D eigenvalue weighted by molar-refractivity contribution is 5.88. The van der Waals surface area contributed by atoms with Crippen molar-refractivity contribution in [1.29, 1.82) is 0 Å². The maximum atomic E-state index is 12.3. The Kier molecular flexibility index (Phi) is 3.36. The van der Waals surface area contributed by atoms with Crippen LogP contribution in [-0.2, 0) is 15.1 Å². The SMILES string of the molecule is COC(=O)[C@@]1(c2ccccc2)NC=N[C@@H]1C(C)C. The molecule has 0 saturated heterocycles. The molecule has 0 aromatic heterocycles. The molecule has 18 heavy (non-hydrogen) atoms. The summed E-state index contributed by atoms with van der Waals surface area (Å²) in [6.45, 7) is 4.10. The Labute approximate surface area is 107 Å². The maximum absolute atomic E-state index is 12.3. The van der Waals surface area contributed by atoms with Crippen molar-refractivity contribution in [3.63, 3.8) is 0 Å². The summed E-state index contributed by atoms with van der Waals surface area (Å²) in [5.41, 5.74) is -0.0162. The number of nitrogens with zero attached hydrogens (tertiary/aromatic N) is 1. The highest BCUT2D eigenvalue weighted by Crippen LogP contribution is 2.35. The van der Waals surface area contributed by atoms with Crippen molar-refractivity contribution in [3.8, 4) is 0 Å². The van der Waals surface area contributed by atoms with Crippen molar-refractivity contribution >= 4 is 12.3 Å². The number of benzene rings is 1. The Morgan fingerprint density at radius 2 is 2.06 bits per heavy atom. The molecule has 0 bridgehead atoms. The third kappa shape index (κ3) is 1.78. The Balaban J connectivity index is 2.52. The molecule has 0 fully saturated rings. The minimum Gasteiger partial charge on any atom is -0.467 e. The van der Waals surface area contributed by atoms with E-state index in [2.05, 4.69) is 24.2 Å². The third-order valence-electron chi connectivity index (χ3n) is 3.34. The van der Waals surface area contributed by atoms with Gasteiger partial charge in [0.05, 0.1) is 19.5 Å². The molecule has 96 valence electrons. The molecule has 1 heterocycles. The molecule has 0 amide bonds. The fourth-order valence-electron chi connectivity index (χ4n) is 2.50. The monoisotopic (exact) mass is 246 g/mol. The van der Waals surface area contributed by atoms with E-state index in [9.17, 15) is 4.79 Å². The molecule has 1 aromatic carbocycles. The van der Waals surface area contributed by atoms with Gasteiger partial charge in [0.15, 0.2) is 5.54 Å². The van der Waals surface area contributed by atoms with Crippen LogP contribution in [0.15, 0.2) is 35.3 Å². The van der Waals surface area contributed by atoms with E-state index in [1.807, 2.05) is 30.3 Å². The lowest BCUT2D eigenvalue weighted by Crippen LogP contribution is -2.54. The second-order valence-corrected chi connectivity index (χ2v) is 4.78. The Morgan fingerprint density at radius 1 is 1.39 bits per heavy atom. The van der Waals surface area contributed by atoms with Gasteiger partial charge >= 0.3 is 5.97 Å². The number of carbonyl (C=O) groups is 1. The predicted molar refractivity (Wildman–Crippen MR) is 70.4 cm³/mol. The molecule has 4 nitrogen and oxygen atoms in total. The molecular formula is C14H18N2O2. The van der Waals surface area contributed by atoms with Crippen molar-refractivity contribution in [2.75, 3.05) is 7.11 Å². The van der Waals surface area contributed by atoms with Gasteiger partial charge < -0.3 is 10.1 Å². The van der Waals surface area contributed by atoms with E-state index in [4.69, 9.17) is 4.74 Å². The molecule has 0 saturated carbocycles. The molecule has 0 aliphatic carbocycles. The van der Waals surface area contributed by atoms with Gasteiger partial charge in [0, 0.05) is 0 Å². The molecule has 1 aliphatic rings. The predicted octanol–water partition coefficient (Wildman–Crippen LogP) is 1.71. The van der Waals surface area contributed by atoms with Gasteiger partial charge in [-0.25, -0.2) is 4.79 Å². The number of hydrogen-bond acceptors (Lipinski definition) is 4. The summed E-state index contributed by atoms with van der Waals surface area (Å²) in [6.07, 6.45) is 1.61. The second-order valence-electron chi connectivity index (χ2n) is 4.78. The lowest BCUT2D eigenvalue weighted by Gasteiger charge is -2.34. The van der Waals surface area contributed by atoms with Crippen LogP contribution < -0.4 is 5.32 Å².